The highest BCUT2D eigenvalue weighted by Crippen LogP contribution is 2.33. The van der Waals surface area contributed by atoms with Gasteiger partial charge in [0.1, 0.15) is 5.54 Å². The first kappa shape index (κ1) is 19.9. The van der Waals surface area contributed by atoms with Gasteiger partial charge in [0.05, 0.1) is 17.2 Å². The second-order valence-electron chi connectivity index (χ2n) is 6.14. The van der Waals surface area contributed by atoms with E-state index in [4.69, 9.17) is 5.26 Å². The van der Waals surface area contributed by atoms with Gasteiger partial charge >= 0.3 is 6.18 Å². The van der Waals surface area contributed by atoms with Crippen LogP contribution in [-0.2, 0) is 11.0 Å². The summed E-state index contributed by atoms with van der Waals surface area (Å²) in [6.45, 7) is 2.82. The molecule has 0 radical (unpaired) electrons. The van der Waals surface area contributed by atoms with Crippen LogP contribution in [0.5, 0.6) is 0 Å². The molecule has 0 spiro atoms. The molecule has 9 heteroatoms. The lowest BCUT2D eigenvalue weighted by Gasteiger charge is -2.25. The molecular weight excluding hydrogens is 361 g/mol. The Labute approximate surface area is 153 Å². The number of nitriles is 1. The zero-order valence-electron chi connectivity index (χ0n) is 14.4. The highest BCUT2D eigenvalue weighted by molar-refractivity contribution is 6.03. The second kappa shape index (κ2) is 7.45. The average molecular weight is 376 g/mol. The zero-order chi connectivity index (χ0) is 20.2. The van der Waals surface area contributed by atoms with E-state index in [1.165, 1.54) is 50.5 Å². The molecule has 0 atom stereocenters. The van der Waals surface area contributed by atoms with E-state index in [0.29, 0.717) is 6.07 Å². The van der Waals surface area contributed by atoms with Gasteiger partial charge in [-0.25, -0.2) is 0 Å². The summed E-state index contributed by atoms with van der Waals surface area (Å²) in [5.74, 6) is -1.25. The Morgan fingerprint density at radius 2 is 1.74 bits per heavy atom. The van der Waals surface area contributed by atoms with Crippen molar-refractivity contribution in [2.24, 2.45) is 0 Å². The van der Waals surface area contributed by atoms with Crippen LogP contribution in [0, 0.1) is 11.3 Å². The summed E-state index contributed by atoms with van der Waals surface area (Å²) in [5.41, 5.74) is -2.97. The third kappa shape index (κ3) is 4.82. The van der Waals surface area contributed by atoms with Crippen LogP contribution in [0.2, 0.25) is 0 Å². The number of alkyl halides is 3. The van der Waals surface area contributed by atoms with Crippen molar-refractivity contribution >= 4 is 17.5 Å². The molecule has 27 heavy (non-hydrogen) atoms. The van der Waals surface area contributed by atoms with Gasteiger partial charge < -0.3 is 10.6 Å². The van der Waals surface area contributed by atoms with Crippen molar-refractivity contribution < 1.29 is 22.8 Å². The van der Waals surface area contributed by atoms with Crippen molar-refractivity contribution in [1.82, 2.24) is 10.3 Å². The number of hydrogen-bond acceptors (Lipinski definition) is 4. The number of nitrogens with zero attached hydrogens (tertiary/aromatic N) is 2. The number of halogens is 3. The first-order valence-corrected chi connectivity index (χ1v) is 7.70. The summed E-state index contributed by atoms with van der Waals surface area (Å²) in [7, 11) is 0. The molecule has 0 aliphatic carbocycles. The van der Waals surface area contributed by atoms with Crippen LogP contribution in [0.1, 0.15) is 35.3 Å². The molecule has 0 unspecified atom stereocenters. The van der Waals surface area contributed by atoms with Crippen LogP contribution in [-0.4, -0.2) is 22.3 Å². The minimum atomic E-state index is -4.74. The summed E-state index contributed by atoms with van der Waals surface area (Å²) < 4.78 is 39.1. The van der Waals surface area contributed by atoms with Crippen molar-refractivity contribution in [1.29, 1.82) is 5.26 Å². The fraction of sp³-hybridized carbons (Fsp3) is 0.222. The van der Waals surface area contributed by atoms with Gasteiger partial charge in [0.25, 0.3) is 5.91 Å². The molecular formula is C18H15F3N4O2. The molecule has 140 valence electrons. The Hall–Kier alpha value is -3.41. The number of amides is 2. The fourth-order valence-corrected chi connectivity index (χ4v) is 2.16. The Morgan fingerprint density at radius 1 is 1.11 bits per heavy atom. The van der Waals surface area contributed by atoms with E-state index < -0.39 is 34.7 Å². The quantitative estimate of drug-likeness (QED) is 0.857. The third-order valence-electron chi connectivity index (χ3n) is 3.64. The summed E-state index contributed by atoms with van der Waals surface area (Å²) in [6, 6.07) is 7.22. The van der Waals surface area contributed by atoms with E-state index >= 15 is 0 Å². The van der Waals surface area contributed by atoms with Crippen molar-refractivity contribution in [3.8, 4) is 6.07 Å². The first-order chi connectivity index (χ1) is 12.5. The van der Waals surface area contributed by atoms with Crippen LogP contribution in [0.15, 0.2) is 42.7 Å². The molecule has 1 heterocycles. The molecule has 1 aromatic carbocycles. The summed E-state index contributed by atoms with van der Waals surface area (Å²) in [5, 5.41) is 13.6. The standard InChI is InChI=1S/C18H15F3N4O2/c1-17(2,25-15(26)11-5-7-23-8-6-11)16(27)24-13-4-3-12(10-22)14(9-13)18(19,20)21/h3-9H,1-2H3,(H,24,27)(H,25,26). The number of nitrogens with one attached hydrogen (secondary N) is 2. The molecule has 0 fully saturated rings. The number of carbonyl (C=O) groups is 2. The molecule has 2 rings (SSSR count). The maximum absolute atomic E-state index is 13.0. The van der Waals surface area contributed by atoms with Crippen LogP contribution < -0.4 is 10.6 Å². The lowest BCUT2D eigenvalue weighted by Crippen LogP contribution is -2.52. The molecule has 0 bridgehead atoms. The van der Waals surface area contributed by atoms with E-state index in [-0.39, 0.29) is 11.3 Å². The highest BCUT2D eigenvalue weighted by atomic mass is 19.4. The SMILES string of the molecule is CC(C)(NC(=O)c1ccncc1)C(=O)Nc1ccc(C#N)c(C(F)(F)F)c1. The number of anilines is 1. The van der Waals surface area contributed by atoms with Crippen LogP contribution in [0.3, 0.4) is 0 Å². The van der Waals surface area contributed by atoms with Gasteiger partial charge in [-0.2, -0.15) is 18.4 Å². The molecule has 2 amide bonds. The second-order valence-corrected chi connectivity index (χ2v) is 6.14. The highest BCUT2D eigenvalue weighted by Gasteiger charge is 2.35. The van der Waals surface area contributed by atoms with Crippen LogP contribution >= 0.6 is 0 Å². The van der Waals surface area contributed by atoms with Crippen molar-refractivity contribution in [3.05, 3.63) is 59.4 Å². The number of aromatic nitrogens is 1. The Balaban J connectivity index is 2.18. The Kier molecular flexibility index (Phi) is 5.49. The lowest BCUT2D eigenvalue weighted by atomic mass is 10.0. The number of rotatable bonds is 4. The molecule has 0 saturated carbocycles. The monoisotopic (exact) mass is 376 g/mol. The smallest absolute Gasteiger partial charge is 0.338 e. The summed E-state index contributed by atoms with van der Waals surface area (Å²) in [6.07, 6.45) is -1.91. The van der Waals surface area contributed by atoms with Gasteiger partial charge in [-0.05, 0) is 44.2 Å². The maximum Gasteiger partial charge on any atom is 0.417 e. The van der Waals surface area contributed by atoms with E-state index in [9.17, 15) is 22.8 Å². The van der Waals surface area contributed by atoms with Gasteiger partial charge in [-0.3, -0.25) is 14.6 Å². The molecule has 2 aromatic rings. The topological polar surface area (TPSA) is 94.9 Å². The first-order valence-electron chi connectivity index (χ1n) is 7.70. The molecule has 0 aliphatic rings. The van der Waals surface area contributed by atoms with Crippen molar-refractivity contribution in [3.63, 3.8) is 0 Å². The molecule has 0 saturated heterocycles. The number of hydrogen-bond donors (Lipinski definition) is 2. The fourth-order valence-electron chi connectivity index (χ4n) is 2.16. The van der Waals surface area contributed by atoms with E-state index in [2.05, 4.69) is 15.6 Å². The van der Waals surface area contributed by atoms with Gasteiger partial charge in [0.15, 0.2) is 0 Å². The number of pyridine rings is 1. The molecule has 0 aliphatic heterocycles. The van der Waals surface area contributed by atoms with Gasteiger partial charge in [0, 0.05) is 23.6 Å². The molecule has 1 aromatic heterocycles. The largest absolute Gasteiger partial charge is 0.417 e. The predicted molar refractivity (Wildman–Crippen MR) is 90.6 cm³/mol. The third-order valence-corrected chi connectivity index (χ3v) is 3.64. The van der Waals surface area contributed by atoms with Gasteiger partial charge in [0.2, 0.25) is 5.91 Å². The van der Waals surface area contributed by atoms with Crippen molar-refractivity contribution in [2.75, 3.05) is 5.32 Å². The maximum atomic E-state index is 13.0. The number of carbonyl (C=O) groups excluding carboxylic acids is 2. The van der Waals surface area contributed by atoms with E-state index in [0.717, 1.165) is 6.07 Å². The summed E-state index contributed by atoms with van der Waals surface area (Å²) >= 11 is 0. The predicted octanol–water partition coefficient (Wildman–Crippen LogP) is 3.12. The Morgan fingerprint density at radius 3 is 2.30 bits per heavy atom. The van der Waals surface area contributed by atoms with E-state index in [1.807, 2.05) is 0 Å². The summed E-state index contributed by atoms with van der Waals surface area (Å²) in [4.78, 5) is 28.4. The van der Waals surface area contributed by atoms with Crippen molar-refractivity contribution in [2.45, 2.75) is 25.6 Å². The normalized spacial score (nSPS) is 11.4. The zero-order valence-corrected chi connectivity index (χ0v) is 14.4. The van der Waals surface area contributed by atoms with Gasteiger partial charge in [-0.1, -0.05) is 0 Å². The minimum absolute atomic E-state index is 0.141. The number of benzene rings is 1. The Bertz CT molecular complexity index is 903. The average Bonchev–Trinajstić information content (AvgIpc) is 2.61. The van der Waals surface area contributed by atoms with Crippen LogP contribution in [0.25, 0.3) is 0 Å². The van der Waals surface area contributed by atoms with E-state index in [1.54, 1.807) is 0 Å². The van der Waals surface area contributed by atoms with Crippen LogP contribution in [0.4, 0.5) is 18.9 Å². The minimum Gasteiger partial charge on any atom is -0.338 e. The van der Waals surface area contributed by atoms with Gasteiger partial charge in [-0.15, -0.1) is 0 Å². The molecule has 6 nitrogen and oxygen atoms in total. The lowest BCUT2D eigenvalue weighted by molar-refractivity contribution is -0.137. The molecule has 2 N–H and O–H groups in total.